The predicted molar refractivity (Wildman–Crippen MR) is 93.7 cm³/mol. The van der Waals surface area contributed by atoms with E-state index in [0.29, 0.717) is 5.78 Å². The average Bonchev–Trinajstić information content (AvgIpc) is 3.25. The van der Waals surface area contributed by atoms with Gasteiger partial charge < -0.3 is 10.2 Å². The number of anilines is 1. The molecule has 2 fully saturated rings. The Morgan fingerprint density at radius 2 is 1.92 bits per heavy atom. The van der Waals surface area contributed by atoms with Crippen LogP contribution in [-0.2, 0) is 11.3 Å². The zero-order chi connectivity index (χ0) is 17.2. The smallest absolute Gasteiger partial charge is 0.352 e. The molecule has 0 aromatic carbocycles. The van der Waals surface area contributed by atoms with Gasteiger partial charge in [-0.15, -0.1) is 5.10 Å². The zero-order valence-electron chi connectivity index (χ0n) is 14.4. The normalized spacial score (nSPS) is 18.8. The van der Waals surface area contributed by atoms with Crippen molar-refractivity contribution in [3.8, 4) is 0 Å². The monoisotopic (exact) mass is 344 g/mol. The second-order valence-corrected chi connectivity index (χ2v) is 6.99. The summed E-state index contributed by atoms with van der Waals surface area (Å²) in [5.74, 6) is 1.03. The van der Waals surface area contributed by atoms with Gasteiger partial charge >= 0.3 is 5.69 Å². The first-order chi connectivity index (χ1) is 12.2. The molecule has 1 amide bonds. The first-order valence-corrected chi connectivity index (χ1v) is 9.21. The van der Waals surface area contributed by atoms with Crippen LogP contribution in [0.25, 0.3) is 5.78 Å². The fourth-order valence-electron chi connectivity index (χ4n) is 3.78. The summed E-state index contributed by atoms with van der Waals surface area (Å²) in [5, 5.41) is 7.26. The quantitative estimate of drug-likeness (QED) is 0.892. The minimum absolute atomic E-state index is 0.0578. The van der Waals surface area contributed by atoms with Crippen molar-refractivity contribution in [3.63, 3.8) is 0 Å². The maximum atomic E-state index is 12.4. The van der Waals surface area contributed by atoms with Crippen molar-refractivity contribution in [2.24, 2.45) is 0 Å². The van der Waals surface area contributed by atoms with Crippen molar-refractivity contribution in [2.45, 2.75) is 57.5 Å². The first-order valence-electron chi connectivity index (χ1n) is 9.21. The topological polar surface area (TPSA) is 84.5 Å². The number of amides is 1. The second-order valence-electron chi connectivity index (χ2n) is 6.99. The van der Waals surface area contributed by atoms with Gasteiger partial charge in [0.25, 0.3) is 5.78 Å². The molecular weight excluding hydrogens is 320 g/mol. The number of fused-ring (bicyclic) bond motifs is 1. The molecule has 1 N–H and O–H groups in total. The molecule has 134 valence electrons. The molecule has 4 rings (SSSR count). The van der Waals surface area contributed by atoms with Crippen LogP contribution in [0.2, 0.25) is 0 Å². The third-order valence-corrected chi connectivity index (χ3v) is 5.13. The standard InChI is InChI=1S/C17H24N6O2/c24-15(18-13-6-2-1-3-7-13)12-23-17(25)22-11-8-14(19-16(22)20-23)21-9-4-5-10-21/h8,11,13H,1-7,9-10,12H2,(H,18,24). The lowest BCUT2D eigenvalue weighted by Gasteiger charge is -2.22. The van der Waals surface area contributed by atoms with Crippen LogP contribution in [0.15, 0.2) is 17.1 Å². The number of hydrogen-bond donors (Lipinski definition) is 1. The highest BCUT2D eigenvalue weighted by Gasteiger charge is 2.19. The van der Waals surface area contributed by atoms with Crippen LogP contribution in [0.4, 0.5) is 5.82 Å². The van der Waals surface area contributed by atoms with Gasteiger partial charge in [-0.25, -0.2) is 13.9 Å². The first kappa shape index (κ1) is 16.1. The molecule has 1 aliphatic heterocycles. The zero-order valence-corrected chi connectivity index (χ0v) is 14.4. The highest BCUT2D eigenvalue weighted by molar-refractivity contribution is 5.76. The van der Waals surface area contributed by atoms with Crippen LogP contribution in [0.1, 0.15) is 44.9 Å². The Labute approximate surface area is 145 Å². The van der Waals surface area contributed by atoms with Gasteiger partial charge in [0, 0.05) is 25.3 Å². The number of nitrogens with one attached hydrogen (secondary N) is 1. The highest BCUT2D eigenvalue weighted by atomic mass is 16.2. The minimum atomic E-state index is -0.325. The second kappa shape index (κ2) is 6.85. The van der Waals surface area contributed by atoms with Crippen molar-refractivity contribution >= 4 is 17.5 Å². The summed E-state index contributed by atoms with van der Waals surface area (Å²) in [5.41, 5.74) is -0.325. The van der Waals surface area contributed by atoms with E-state index in [1.54, 1.807) is 6.20 Å². The third kappa shape index (κ3) is 3.38. The molecule has 1 saturated heterocycles. The van der Waals surface area contributed by atoms with E-state index < -0.39 is 0 Å². The van der Waals surface area contributed by atoms with Gasteiger partial charge in [0.05, 0.1) is 0 Å². The molecule has 1 aliphatic carbocycles. The number of hydrogen-bond acceptors (Lipinski definition) is 5. The lowest BCUT2D eigenvalue weighted by molar-refractivity contribution is -0.122. The highest BCUT2D eigenvalue weighted by Crippen LogP contribution is 2.18. The van der Waals surface area contributed by atoms with E-state index in [-0.39, 0.29) is 24.2 Å². The van der Waals surface area contributed by atoms with Crippen LogP contribution in [0.5, 0.6) is 0 Å². The van der Waals surface area contributed by atoms with E-state index in [0.717, 1.165) is 57.4 Å². The van der Waals surface area contributed by atoms with Crippen LogP contribution < -0.4 is 15.9 Å². The molecule has 3 heterocycles. The number of rotatable bonds is 4. The summed E-state index contributed by atoms with van der Waals surface area (Å²) < 4.78 is 2.60. The van der Waals surface area contributed by atoms with Gasteiger partial charge in [-0.05, 0) is 31.7 Å². The Bertz CT molecular complexity index is 814. The maximum Gasteiger partial charge on any atom is 0.352 e. The SMILES string of the molecule is O=C(Cn1nc2nc(N3CCCC3)ccn2c1=O)NC1CCCCC1. The Morgan fingerprint density at radius 1 is 1.16 bits per heavy atom. The molecule has 0 bridgehead atoms. The number of carbonyl (C=O) groups is 1. The molecule has 25 heavy (non-hydrogen) atoms. The van der Waals surface area contributed by atoms with Crippen LogP contribution in [0, 0.1) is 0 Å². The van der Waals surface area contributed by atoms with Gasteiger partial charge in [-0.3, -0.25) is 4.79 Å². The number of nitrogens with zero attached hydrogens (tertiary/aromatic N) is 5. The van der Waals surface area contributed by atoms with E-state index in [1.807, 2.05) is 6.07 Å². The fraction of sp³-hybridized carbons (Fsp3) is 0.647. The van der Waals surface area contributed by atoms with E-state index in [4.69, 9.17) is 0 Å². The summed E-state index contributed by atoms with van der Waals surface area (Å²) in [6.07, 6.45) is 9.61. The maximum absolute atomic E-state index is 12.4. The summed E-state index contributed by atoms with van der Waals surface area (Å²) >= 11 is 0. The van der Waals surface area contributed by atoms with Gasteiger partial charge in [0.2, 0.25) is 5.91 Å². The molecule has 2 aromatic heterocycles. The Hall–Kier alpha value is -2.38. The molecule has 0 unspecified atom stereocenters. The van der Waals surface area contributed by atoms with Crippen LogP contribution in [-0.4, -0.2) is 44.2 Å². The lowest BCUT2D eigenvalue weighted by Crippen LogP contribution is -2.40. The molecular formula is C17H24N6O2. The summed E-state index contributed by atoms with van der Waals surface area (Å²) in [7, 11) is 0. The average molecular weight is 344 g/mol. The van der Waals surface area contributed by atoms with Gasteiger partial charge in [-0.1, -0.05) is 19.3 Å². The van der Waals surface area contributed by atoms with Crippen LogP contribution in [0.3, 0.4) is 0 Å². The molecule has 0 atom stereocenters. The Morgan fingerprint density at radius 3 is 2.68 bits per heavy atom. The molecule has 1 saturated carbocycles. The van der Waals surface area contributed by atoms with E-state index in [9.17, 15) is 9.59 Å². The van der Waals surface area contributed by atoms with E-state index in [2.05, 4.69) is 20.3 Å². The van der Waals surface area contributed by atoms with Crippen molar-refractivity contribution in [1.82, 2.24) is 24.5 Å². The van der Waals surface area contributed by atoms with Gasteiger partial charge in [0.1, 0.15) is 12.4 Å². The Balaban J connectivity index is 1.50. The predicted octanol–water partition coefficient (Wildman–Crippen LogP) is 0.940. The molecule has 8 nitrogen and oxygen atoms in total. The van der Waals surface area contributed by atoms with Crippen molar-refractivity contribution < 1.29 is 4.79 Å². The van der Waals surface area contributed by atoms with Crippen molar-refractivity contribution in [3.05, 3.63) is 22.7 Å². The van der Waals surface area contributed by atoms with Crippen LogP contribution >= 0.6 is 0 Å². The number of aromatic nitrogens is 4. The fourth-order valence-corrected chi connectivity index (χ4v) is 3.78. The largest absolute Gasteiger partial charge is 0.356 e. The summed E-state index contributed by atoms with van der Waals surface area (Å²) in [4.78, 5) is 31.3. The van der Waals surface area contributed by atoms with E-state index >= 15 is 0 Å². The van der Waals surface area contributed by atoms with Crippen molar-refractivity contribution in [1.29, 1.82) is 0 Å². The van der Waals surface area contributed by atoms with Gasteiger partial charge in [-0.2, -0.15) is 4.98 Å². The third-order valence-electron chi connectivity index (χ3n) is 5.13. The molecule has 8 heteroatoms. The Kier molecular flexibility index (Phi) is 4.42. The van der Waals surface area contributed by atoms with Gasteiger partial charge in [0.15, 0.2) is 0 Å². The molecule has 2 aromatic rings. The lowest BCUT2D eigenvalue weighted by atomic mass is 9.95. The number of carbonyl (C=O) groups excluding carboxylic acids is 1. The molecule has 0 spiro atoms. The molecule has 0 radical (unpaired) electrons. The summed E-state index contributed by atoms with van der Waals surface area (Å²) in [6.45, 7) is 1.91. The van der Waals surface area contributed by atoms with Crippen molar-refractivity contribution in [2.75, 3.05) is 18.0 Å². The summed E-state index contributed by atoms with van der Waals surface area (Å²) in [6, 6.07) is 2.07. The minimum Gasteiger partial charge on any atom is -0.356 e. The van der Waals surface area contributed by atoms with E-state index in [1.165, 1.54) is 15.5 Å². The molecule has 2 aliphatic rings.